The molecule has 2 aliphatic rings. The van der Waals surface area contributed by atoms with Crippen LogP contribution in [0.5, 0.6) is 0 Å². The topological polar surface area (TPSA) is 70.0 Å². The van der Waals surface area contributed by atoms with E-state index < -0.39 is 23.6 Å². The minimum absolute atomic E-state index is 0.0566. The summed E-state index contributed by atoms with van der Waals surface area (Å²) in [5.41, 5.74) is -0.908. The fraction of sp³-hybridized carbons (Fsp3) is 0.381. The number of carbonyl (C=O) groups is 2. The van der Waals surface area contributed by atoms with Gasteiger partial charge in [-0.3, -0.25) is 4.79 Å². The molecule has 1 aliphatic heterocycles. The summed E-state index contributed by atoms with van der Waals surface area (Å²) in [5, 5.41) is 8.37. The molecule has 1 aromatic carbocycles. The lowest BCUT2D eigenvalue weighted by Crippen LogP contribution is -2.67. The molecule has 1 saturated heterocycles. The van der Waals surface area contributed by atoms with E-state index in [1.165, 1.54) is 16.2 Å². The van der Waals surface area contributed by atoms with E-state index in [0.717, 1.165) is 10.9 Å². The summed E-state index contributed by atoms with van der Waals surface area (Å²) in [6, 6.07) is 1.21. The van der Waals surface area contributed by atoms with E-state index in [0.29, 0.717) is 43.6 Å². The average Bonchev–Trinajstić information content (AvgIpc) is 3.27. The van der Waals surface area contributed by atoms with Gasteiger partial charge in [0, 0.05) is 48.9 Å². The van der Waals surface area contributed by atoms with Crippen LogP contribution in [0.4, 0.5) is 28.0 Å². The van der Waals surface area contributed by atoms with Gasteiger partial charge in [-0.25, -0.2) is 13.7 Å². The number of nitrogens with one attached hydrogen (secondary N) is 1. The van der Waals surface area contributed by atoms with E-state index in [1.807, 2.05) is 5.38 Å². The van der Waals surface area contributed by atoms with Gasteiger partial charge in [-0.2, -0.15) is 18.3 Å². The SMILES string of the molecule is CN(C(=O)Nc1cc(F)cc(C(F)(F)F)c1)C1CC2(C1)CN(C(=O)c1cnn3ccsc13)C2. The van der Waals surface area contributed by atoms with Gasteiger partial charge in [0.1, 0.15) is 10.6 Å². The number of rotatable bonds is 3. The molecule has 33 heavy (non-hydrogen) atoms. The summed E-state index contributed by atoms with van der Waals surface area (Å²) in [5.74, 6) is -1.15. The predicted octanol–water partition coefficient (Wildman–Crippen LogP) is 4.32. The second-order valence-corrected chi connectivity index (χ2v) is 9.60. The number of nitrogens with zero attached hydrogens (tertiary/aromatic N) is 4. The molecule has 1 saturated carbocycles. The highest BCUT2D eigenvalue weighted by atomic mass is 32.1. The third-order valence-corrected chi connectivity index (χ3v) is 7.27. The van der Waals surface area contributed by atoms with Crippen molar-refractivity contribution >= 4 is 33.8 Å². The van der Waals surface area contributed by atoms with Crippen LogP contribution < -0.4 is 5.32 Å². The summed E-state index contributed by atoms with van der Waals surface area (Å²) < 4.78 is 53.9. The van der Waals surface area contributed by atoms with Crippen molar-refractivity contribution in [3.8, 4) is 0 Å². The van der Waals surface area contributed by atoms with Gasteiger partial charge in [-0.1, -0.05) is 0 Å². The van der Waals surface area contributed by atoms with Crippen LogP contribution in [-0.2, 0) is 6.18 Å². The fourth-order valence-corrected chi connectivity index (χ4v) is 5.41. The maximum atomic E-state index is 13.6. The second kappa shape index (κ2) is 7.44. The van der Waals surface area contributed by atoms with Gasteiger partial charge in [-0.05, 0) is 31.0 Å². The van der Waals surface area contributed by atoms with E-state index in [-0.39, 0.29) is 23.1 Å². The number of carbonyl (C=O) groups excluding carboxylic acids is 2. The molecule has 0 atom stereocenters. The number of benzene rings is 1. The smallest absolute Gasteiger partial charge is 0.337 e. The van der Waals surface area contributed by atoms with Crippen molar-refractivity contribution in [2.45, 2.75) is 25.1 Å². The lowest BCUT2D eigenvalue weighted by molar-refractivity contribution is -0.137. The number of urea groups is 1. The Hall–Kier alpha value is -3.15. The zero-order valence-corrected chi connectivity index (χ0v) is 18.2. The Balaban J connectivity index is 1.16. The number of thiazole rings is 1. The van der Waals surface area contributed by atoms with E-state index in [9.17, 15) is 27.2 Å². The number of hydrogen-bond acceptors (Lipinski definition) is 4. The lowest BCUT2D eigenvalue weighted by atomic mass is 9.60. The first-order chi connectivity index (χ1) is 15.5. The first-order valence-corrected chi connectivity index (χ1v) is 11.0. The number of aromatic nitrogens is 2. The molecule has 2 fully saturated rings. The van der Waals surface area contributed by atoms with Crippen molar-refractivity contribution in [2.75, 3.05) is 25.5 Å². The number of alkyl halides is 3. The van der Waals surface area contributed by atoms with Crippen LogP contribution in [0, 0.1) is 11.2 Å². The maximum absolute atomic E-state index is 13.6. The van der Waals surface area contributed by atoms with Crippen molar-refractivity contribution in [1.82, 2.24) is 19.4 Å². The zero-order chi connectivity index (χ0) is 23.5. The van der Waals surface area contributed by atoms with Gasteiger partial charge in [0.2, 0.25) is 0 Å². The normalized spacial score (nSPS) is 17.7. The minimum atomic E-state index is -4.71. The molecular weight excluding hydrogens is 462 g/mol. The van der Waals surface area contributed by atoms with Crippen LogP contribution in [0.1, 0.15) is 28.8 Å². The van der Waals surface area contributed by atoms with E-state index in [2.05, 4.69) is 10.4 Å². The molecule has 0 radical (unpaired) electrons. The Kier molecular flexibility index (Phi) is 4.89. The van der Waals surface area contributed by atoms with Crippen LogP contribution in [-0.4, -0.2) is 57.5 Å². The number of fused-ring (bicyclic) bond motifs is 1. The summed E-state index contributed by atoms with van der Waals surface area (Å²) >= 11 is 1.45. The van der Waals surface area contributed by atoms with Crippen molar-refractivity contribution < 1.29 is 27.2 Å². The van der Waals surface area contributed by atoms with Gasteiger partial charge >= 0.3 is 12.2 Å². The minimum Gasteiger partial charge on any atom is -0.337 e. The number of hydrogen-bond donors (Lipinski definition) is 1. The molecule has 174 valence electrons. The Bertz CT molecular complexity index is 1240. The summed E-state index contributed by atoms with van der Waals surface area (Å²) in [7, 11) is 1.55. The molecule has 0 bridgehead atoms. The molecule has 2 aromatic heterocycles. The monoisotopic (exact) mass is 481 g/mol. The average molecular weight is 481 g/mol. The molecule has 1 spiro atoms. The first kappa shape index (κ1) is 21.7. The Morgan fingerprint density at radius 1 is 1.24 bits per heavy atom. The highest BCUT2D eigenvalue weighted by Crippen LogP contribution is 2.50. The summed E-state index contributed by atoms with van der Waals surface area (Å²) in [6.07, 6.45) is 0.00488. The van der Waals surface area contributed by atoms with Crippen molar-refractivity contribution in [1.29, 1.82) is 0 Å². The third-order valence-electron chi connectivity index (χ3n) is 6.38. The van der Waals surface area contributed by atoms with Crippen molar-refractivity contribution in [2.24, 2.45) is 5.41 Å². The first-order valence-electron chi connectivity index (χ1n) is 10.2. The quantitative estimate of drug-likeness (QED) is 0.567. The number of halogens is 4. The Morgan fingerprint density at radius 2 is 1.97 bits per heavy atom. The van der Waals surface area contributed by atoms with Crippen molar-refractivity contribution in [3.05, 3.63) is 52.9 Å². The molecule has 7 nitrogen and oxygen atoms in total. The summed E-state index contributed by atoms with van der Waals surface area (Å²) in [4.78, 5) is 29.3. The van der Waals surface area contributed by atoms with Crippen LogP contribution >= 0.6 is 11.3 Å². The van der Waals surface area contributed by atoms with Gasteiger partial charge in [0.15, 0.2) is 0 Å². The highest BCUT2D eigenvalue weighted by Gasteiger charge is 2.55. The number of anilines is 1. The number of likely N-dealkylation sites (tertiary alicyclic amines) is 1. The fourth-order valence-electron chi connectivity index (χ4n) is 4.63. The molecule has 3 amide bonds. The Labute approximate surface area is 189 Å². The van der Waals surface area contributed by atoms with Crippen LogP contribution in [0.15, 0.2) is 36.0 Å². The highest BCUT2D eigenvalue weighted by molar-refractivity contribution is 7.15. The third kappa shape index (κ3) is 3.81. The molecule has 3 aromatic rings. The second-order valence-electron chi connectivity index (χ2n) is 8.70. The standard InChI is InChI=1S/C21H19F4N5O2S/c1-28(19(32)27-14-5-12(21(23,24)25)4-13(22)6-14)15-7-20(8-15)10-29(11-20)17(31)16-9-26-30-2-3-33-18(16)30/h2-6,9,15H,7-8,10-11H2,1H3,(H,27,32). The largest absolute Gasteiger partial charge is 0.416 e. The molecule has 3 heterocycles. The van der Waals surface area contributed by atoms with Crippen molar-refractivity contribution in [3.63, 3.8) is 0 Å². The van der Waals surface area contributed by atoms with Gasteiger partial charge in [0.25, 0.3) is 5.91 Å². The summed E-state index contributed by atoms with van der Waals surface area (Å²) in [6.45, 7) is 1.17. The van der Waals surface area contributed by atoms with Crippen LogP contribution in [0.2, 0.25) is 0 Å². The Morgan fingerprint density at radius 3 is 2.67 bits per heavy atom. The van der Waals surface area contributed by atoms with Gasteiger partial charge in [-0.15, -0.1) is 11.3 Å². The molecule has 0 unspecified atom stereocenters. The lowest BCUT2D eigenvalue weighted by Gasteiger charge is -2.60. The molecule has 5 rings (SSSR count). The van der Waals surface area contributed by atoms with Gasteiger partial charge < -0.3 is 15.1 Å². The van der Waals surface area contributed by atoms with E-state index in [4.69, 9.17) is 0 Å². The molecular formula is C21H19F4N5O2S. The zero-order valence-electron chi connectivity index (χ0n) is 17.4. The molecule has 1 N–H and O–H groups in total. The predicted molar refractivity (Wildman–Crippen MR) is 113 cm³/mol. The van der Waals surface area contributed by atoms with Crippen LogP contribution in [0.25, 0.3) is 4.83 Å². The van der Waals surface area contributed by atoms with Crippen LogP contribution in [0.3, 0.4) is 0 Å². The number of amides is 3. The molecule has 12 heteroatoms. The van der Waals surface area contributed by atoms with E-state index >= 15 is 0 Å². The maximum Gasteiger partial charge on any atom is 0.416 e. The molecule has 1 aliphatic carbocycles. The van der Waals surface area contributed by atoms with Gasteiger partial charge in [0.05, 0.1) is 17.3 Å². The van der Waals surface area contributed by atoms with E-state index in [1.54, 1.807) is 28.9 Å².